The molecule has 0 fully saturated rings. The van der Waals surface area contributed by atoms with Gasteiger partial charge in [-0.3, -0.25) is 4.79 Å². The van der Waals surface area contributed by atoms with Crippen LogP contribution in [-0.4, -0.2) is 44.1 Å². The van der Waals surface area contributed by atoms with Gasteiger partial charge in [-0.1, -0.05) is 19.9 Å². The molecule has 0 aliphatic carbocycles. The van der Waals surface area contributed by atoms with E-state index in [1.807, 2.05) is 26.8 Å². The maximum atomic E-state index is 11.8. The molecule has 0 atom stereocenters. The molecule has 1 aromatic carbocycles. The summed E-state index contributed by atoms with van der Waals surface area (Å²) in [4.78, 5) is 24.9. The molecule has 0 saturated heterocycles. The second-order valence-electron chi connectivity index (χ2n) is 5.81. The zero-order chi connectivity index (χ0) is 16.7. The van der Waals surface area contributed by atoms with Crippen LogP contribution in [0.15, 0.2) is 18.2 Å². The molecule has 0 aromatic heterocycles. The Balaban J connectivity index is 2.73. The number of benzene rings is 1. The van der Waals surface area contributed by atoms with Crippen LogP contribution in [0.1, 0.15) is 19.4 Å². The number of carbonyl (C=O) groups is 2. The van der Waals surface area contributed by atoms with Gasteiger partial charge in [0.05, 0.1) is 5.69 Å². The molecule has 0 unspecified atom stereocenters. The molecule has 6 nitrogen and oxygen atoms in total. The van der Waals surface area contributed by atoms with Gasteiger partial charge in [-0.05, 0) is 30.5 Å². The summed E-state index contributed by atoms with van der Waals surface area (Å²) in [5.41, 5.74) is 1.53. The highest BCUT2D eigenvalue weighted by molar-refractivity contribution is 5.91. The summed E-state index contributed by atoms with van der Waals surface area (Å²) in [6, 6.07) is 5.14. The van der Waals surface area contributed by atoms with Crippen molar-refractivity contribution >= 4 is 17.6 Å². The van der Waals surface area contributed by atoms with Crippen LogP contribution in [0.4, 0.5) is 10.5 Å². The minimum absolute atomic E-state index is 0.0707. The van der Waals surface area contributed by atoms with E-state index < -0.39 is 0 Å². The molecule has 0 bridgehead atoms. The SMILES string of the molecule is Cc1ccc(NC(=O)NCC(C)C)c(OCC(=O)N(C)C)c1. The van der Waals surface area contributed by atoms with Gasteiger partial charge < -0.3 is 20.3 Å². The van der Waals surface area contributed by atoms with Crippen molar-refractivity contribution < 1.29 is 14.3 Å². The van der Waals surface area contributed by atoms with E-state index in [2.05, 4.69) is 10.6 Å². The van der Waals surface area contributed by atoms with Crippen molar-refractivity contribution in [2.24, 2.45) is 5.92 Å². The molecule has 0 aliphatic heterocycles. The first-order chi connectivity index (χ1) is 10.3. The van der Waals surface area contributed by atoms with E-state index in [1.165, 1.54) is 4.90 Å². The molecule has 1 rings (SSSR count). The fraction of sp³-hybridized carbons (Fsp3) is 0.500. The van der Waals surface area contributed by atoms with Gasteiger partial charge in [0.2, 0.25) is 0 Å². The van der Waals surface area contributed by atoms with Crippen molar-refractivity contribution in [3.8, 4) is 5.75 Å². The number of nitrogens with zero attached hydrogens (tertiary/aromatic N) is 1. The Morgan fingerprint density at radius 3 is 2.55 bits per heavy atom. The third kappa shape index (κ3) is 6.03. The highest BCUT2D eigenvalue weighted by atomic mass is 16.5. The van der Waals surface area contributed by atoms with Gasteiger partial charge in [-0.25, -0.2) is 4.79 Å². The van der Waals surface area contributed by atoms with Gasteiger partial charge in [-0.2, -0.15) is 0 Å². The molecule has 0 heterocycles. The zero-order valence-electron chi connectivity index (χ0n) is 13.9. The van der Waals surface area contributed by atoms with Gasteiger partial charge in [0.25, 0.3) is 5.91 Å². The lowest BCUT2D eigenvalue weighted by Gasteiger charge is -2.16. The lowest BCUT2D eigenvalue weighted by molar-refractivity contribution is -0.130. The number of aryl methyl sites for hydroxylation is 1. The van der Waals surface area contributed by atoms with E-state index in [1.54, 1.807) is 26.2 Å². The Morgan fingerprint density at radius 1 is 1.27 bits per heavy atom. The molecule has 122 valence electrons. The lowest BCUT2D eigenvalue weighted by atomic mass is 10.2. The first-order valence-electron chi connectivity index (χ1n) is 7.28. The topological polar surface area (TPSA) is 70.7 Å². The second kappa shape index (κ2) is 8.26. The largest absolute Gasteiger partial charge is 0.482 e. The summed E-state index contributed by atoms with van der Waals surface area (Å²) in [6.07, 6.45) is 0. The summed E-state index contributed by atoms with van der Waals surface area (Å²) in [6.45, 7) is 6.48. The lowest BCUT2D eigenvalue weighted by Crippen LogP contribution is -2.32. The molecule has 0 spiro atoms. The summed E-state index contributed by atoms with van der Waals surface area (Å²) >= 11 is 0. The summed E-state index contributed by atoms with van der Waals surface area (Å²) < 4.78 is 5.53. The van der Waals surface area contributed by atoms with Crippen molar-refractivity contribution in [1.29, 1.82) is 0 Å². The Labute approximate surface area is 131 Å². The number of carbonyl (C=O) groups excluding carboxylic acids is 2. The van der Waals surface area contributed by atoms with E-state index in [-0.39, 0.29) is 18.5 Å². The van der Waals surface area contributed by atoms with E-state index in [4.69, 9.17) is 4.74 Å². The third-order valence-corrected chi connectivity index (χ3v) is 2.91. The Bertz CT molecular complexity index is 527. The van der Waals surface area contributed by atoms with Crippen LogP contribution in [-0.2, 0) is 4.79 Å². The van der Waals surface area contributed by atoms with Gasteiger partial charge in [-0.15, -0.1) is 0 Å². The third-order valence-electron chi connectivity index (χ3n) is 2.91. The monoisotopic (exact) mass is 307 g/mol. The highest BCUT2D eigenvalue weighted by Gasteiger charge is 2.11. The van der Waals surface area contributed by atoms with Crippen molar-refractivity contribution in [3.63, 3.8) is 0 Å². The molecule has 2 N–H and O–H groups in total. The minimum Gasteiger partial charge on any atom is -0.482 e. The number of anilines is 1. The molecule has 3 amide bonds. The molecule has 6 heteroatoms. The second-order valence-corrected chi connectivity index (χ2v) is 5.81. The van der Waals surface area contributed by atoms with Gasteiger partial charge in [0.15, 0.2) is 6.61 Å². The summed E-state index contributed by atoms with van der Waals surface area (Å²) in [7, 11) is 3.33. The molecular weight excluding hydrogens is 282 g/mol. The van der Waals surface area contributed by atoms with Crippen LogP contribution in [0.5, 0.6) is 5.75 Å². The number of ether oxygens (including phenoxy) is 1. The maximum absolute atomic E-state index is 11.8. The first kappa shape index (κ1) is 17.8. The molecule has 0 saturated carbocycles. The van der Waals surface area contributed by atoms with Crippen LogP contribution in [0.2, 0.25) is 0 Å². The smallest absolute Gasteiger partial charge is 0.319 e. The van der Waals surface area contributed by atoms with Gasteiger partial charge in [0, 0.05) is 20.6 Å². The average Bonchev–Trinajstić information content (AvgIpc) is 2.44. The number of amides is 3. The van der Waals surface area contributed by atoms with Gasteiger partial charge in [0.1, 0.15) is 5.75 Å². The molecule has 0 aliphatic rings. The fourth-order valence-corrected chi connectivity index (χ4v) is 1.58. The van der Waals surface area contributed by atoms with E-state index in [0.29, 0.717) is 23.9 Å². The number of hydrogen-bond donors (Lipinski definition) is 2. The molecule has 0 radical (unpaired) electrons. The maximum Gasteiger partial charge on any atom is 0.319 e. The van der Waals surface area contributed by atoms with Crippen LogP contribution >= 0.6 is 0 Å². The van der Waals surface area contributed by atoms with E-state index >= 15 is 0 Å². The zero-order valence-corrected chi connectivity index (χ0v) is 13.9. The molecule has 1 aromatic rings. The fourth-order valence-electron chi connectivity index (χ4n) is 1.58. The number of hydrogen-bond acceptors (Lipinski definition) is 3. The van der Waals surface area contributed by atoms with E-state index in [0.717, 1.165) is 5.56 Å². The standard InChI is InChI=1S/C16H25N3O3/c1-11(2)9-17-16(21)18-13-7-6-12(3)8-14(13)22-10-15(20)19(4)5/h6-8,11H,9-10H2,1-5H3,(H2,17,18,21). The van der Waals surface area contributed by atoms with Crippen LogP contribution in [0, 0.1) is 12.8 Å². The van der Waals surface area contributed by atoms with E-state index in [9.17, 15) is 9.59 Å². The van der Waals surface area contributed by atoms with Crippen molar-refractivity contribution in [2.75, 3.05) is 32.6 Å². The van der Waals surface area contributed by atoms with Crippen LogP contribution in [0.3, 0.4) is 0 Å². The Kier molecular flexibility index (Phi) is 6.69. The highest BCUT2D eigenvalue weighted by Crippen LogP contribution is 2.25. The normalized spacial score (nSPS) is 10.3. The van der Waals surface area contributed by atoms with Crippen LogP contribution in [0.25, 0.3) is 0 Å². The molecule has 22 heavy (non-hydrogen) atoms. The summed E-state index contributed by atoms with van der Waals surface area (Å²) in [5.74, 6) is 0.712. The predicted octanol–water partition coefficient (Wildman–Crippen LogP) is 2.24. The number of rotatable bonds is 6. The minimum atomic E-state index is -0.290. The van der Waals surface area contributed by atoms with Crippen molar-refractivity contribution in [3.05, 3.63) is 23.8 Å². The van der Waals surface area contributed by atoms with Crippen molar-refractivity contribution in [1.82, 2.24) is 10.2 Å². The quantitative estimate of drug-likeness (QED) is 0.846. The van der Waals surface area contributed by atoms with Crippen LogP contribution < -0.4 is 15.4 Å². The first-order valence-corrected chi connectivity index (χ1v) is 7.28. The predicted molar refractivity (Wildman–Crippen MR) is 87.2 cm³/mol. The Hall–Kier alpha value is -2.24. The number of likely N-dealkylation sites (N-methyl/N-ethyl adjacent to an activating group) is 1. The Morgan fingerprint density at radius 2 is 1.95 bits per heavy atom. The van der Waals surface area contributed by atoms with Gasteiger partial charge >= 0.3 is 6.03 Å². The molecular formula is C16H25N3O3. The average molecular weight is 307 g/mol. The number of urea groups is 1. The number of nitrogens with one attached hydrogen (secondary N) is 2. The van der Waals surface area contributed by atoms with Crippen molar-refractivity contribution in [2.45, 2.75) is 20.8 Å². The summed E-state index contributed by atoms with van der Waals surface area (Å²) in [5, 5.41) is 5.52.